The molecule has 1 saturated heterocycles. The lowest BCUT2D eigenvalue weighted by atomic mass is 9.77. The SMILES string of the molecule is Cn1cc(C(N)CN2CCC3(CCCC3)CC2)cn1. The van der Waals surface area contributed by atoms with Crippen molar-refractivity contribution in [2.75, 3.05) is 19.6 Å². The highest BCUT2D eigenvalue weighted by Crippen LogP contribution is 2.46. The maximum atomic E-state index is 6.29. The van der Waals surface area contributed by atoms with E-state index in [0.29, 0.717) is 5.41 Å². The summed E-state index contributed by atoms with van der Waals surface area (Å²) in [6.45, 7) is 3.43. The van der Waals surface area contributed by atoms with Crippen molar-refractivity contribution < 1.29 is 0 Å². The molecule has 1 atom stereocenters. The van der Waals surface area contributed by atoms with Crippen LogP contribution in [0.4, 0.5) is 0 Å². The minimum atomic E-state index is 0.103. The molecule has 1 unspecified atom stereocenters. The van der Waals surface area contributed by atoms with Crippen molar-refractivity contribution in [3.63, 3.8) is 0 Å². The first-order valence-corrected chi connectivity index (χ1v) is 7.63. The zero-order chi connectivity index (χ0) is 13.3. The van der Waals surface area contributed by atoms with Crippen molar-refractivity contribution in [1.82, 2.24) is 14.7 Å². The average Bonchev–Trinajstić information content (AvgIpc) is 3.02. The Balaban J connectivity index is 1.52. The van der Waals surface area contributed by atoms with Crippen molar-refractivity contribution in [2.24, 2.45) is 18.2 Å². The second-order valence-corrected chi connectivity index (χ2v) is 6.56. The van der Waals surface area contributed by atoms with Gasteiger partial charge in [-0.05, 0) is 44.2 Å². The largest absolute Gasteiger partial charge is 0.323 e. The molecule has 1 aromatic rings. The summed E-state index contributed by atoms with van der Waals surface area (Å²) in [5.41, 5.74) is 8.15. The van der Waals surface area contributed by atoms with E-state index in [4.69, 9.17) is 5.73 Å². The number of nitrogens with zero attached hydrogens (tertiary/aromatic N) is 3. The summed E-state index contributed by atoms with van der Waals surface area (Å²) in [6, 6.07) is 0.103. The Morgan fingerprint density at radius 2 is 1.95 bits per heavy atom. The van der Waals surface area contributed by atoms with Gasteiger partial charge in [0.15, 0.2) is 0 Å². The van der Waals surface area contributed by atoms with Crippen LogP contribution in [-0.2, 0) is 7.05 Å². The molecule has 4 heteroatoms. The van der Waals surface area contributed by atoms with Crippen LogP contribution >= 0.6 is 0 Å². The first-order valence-electron chi connectivity index (χ1n) is 7.63. The molecule has 1 saturated carbocycles. The molecule has 1 aromatic heterocycles. The standard InChI is InChI=1S/C15H26N4/c1-18-11-13(10-17-18)14(16)12-19-8-6-15(7-9-19)4-2-3-5-15/h10-11,14H,2-9,12,16H2,1H3. The van der Waals surface area contributed by atoms with Gasteiger partial charge < -0.3 is 10.6 Å². The maximum Gasteiger partial charge on any atom is 0.0537 e. The van der Waals surface area contributed by atoms with E-state index in [2.05, 4.69) is 10.00 Å². The fourth-order valence-electron chi connectivity index (χ4n) is 3.85. The van der Waals surface area contributed by atoms with Gasteiger partial charge in [0.1, 0.15) is 0 Å². The van der Waals surface area contributed by atoms with Crippen LogP contribution in [0.3, 0.4) is 0 Å². The Morgan fingerprint density at radius 1 is 1.26 bits per heavy atom. The quantitative estimate of drug-likeness (QED) is 0.907. The first kappa shape index (κ1) is 13.1. The summed E-state index contributed by atoms with van der Waals surface area (Å²) in [5, 5.41) is 4.21. The fraction of sp³-hybridized carbons (Fsp3) is 0.800. The molecule has 19 heavy (non-hydrogen) atoms. The summed E-state index contributed by atoms with van der Waals surface area (Å²) in [5.74, 6) is 0. The van der Waals surface area contributed by atoms with Crippen LogP contribution in [0, 0.1) is 5.41 Å². The molecule has 3 rings (SSSR count). The molecule has 1 aliphatic carbocycles. The monoisotopic (exact) mass is 262 g/mol. The fourth-order valence-corrected chi connectivity index (χ4v) is 3.85. The van der Waals surface area contributed by atoms with Crippen LogP contribution in [0.1, 0.15) is 50.1 Å². The van der Waals surface area contributed by atoms with E-state index in [-0.39, 0.29) is 6.04 Å². The van der Waals surface area contributed by atoms with Gasteiger partial charge in [-0.15, -0.1) is 0 Å². The lowest BCUT2D eigenvalue weighted by Crippen LogP contribution is -2.41. The van der Waals surface area contributed by atoms with E-state index in [0.717, 1.165) is 12.1 Å². The maximum absolute atomic E-state index is 6.29. The number of aromatic nitrogens is 2. The number of piperidine rings is 1. The molecule has 0 amide bonds. The molecule has 1 spiro atoms. The Kier molecular flexibility index (Phi) is 3.63. The second kappa shape index (κ2) is 5.25. The third-order valence-electron chi connectivity index (χ3n) is 5.19. The summed E-state index contributed by atoms with van der Waals surface area (Å²) < 4.78 is 1.83. The van der Waals surface area contributed by atoms with Gasteiger partial charge in [0.2, 0.25) is 0 Å². The Hall–Kier alpha value is -0.870. The Bertz CT molecular complexity index is 410. The number of nitrogens with two attached hydrogens (primary N) is 1. The van der Waals surface area contributed by atoms with Gasteiger partial charge in [-0.3, -0.25) is 4.68 Å². The molecule has 2 heterocycles. The first-order chi connectivity index (χ1) is 9.17. The molecule has 2 aliphatic rings. The number of hydrogen-bond acceptors (Lipinski definition) is 3. The molecule has 4 nitrogen and oxygen atoms in total. The van der Waals surface area contributed by atoms with Gasteiger partial charge in [0.25, 0.3) is 0 Å². The summed E-state index contributed by atoms with van der Waals surface area (Å²) in [6.07, 6.45) is 12.5. The van der Waals surface area contributed by atoms with Crippen molar-refractivity contribution in [3.8, 4) is 0 Å². The predicted octanol–water partition coefficient (Wildman–Crippen LogP) is 2.08. The Labute approximate surface area is 116 Å². The van der Waals surface area contributed by atoms with Crippen LogP contribution in [0.5, 0.6) is 0 Å². The zero-order valence-electron chi connectivity index (χ0n) is 12.0. The highest BCUT2D eigenvalue weighted by molar-refractivity contribution is 5.10. The highest BCUT2D eigenvalue weighted by Gasteiger charge is 2.36. The molecule has 0 bridgehead atoms. The van der Waals surface area contributed by atoms with Crippen molar-refractivity contribution in [1.29, 1.82) is 0 Å². The molecule has 0 aromatic carbocycles. The zero-order valence-corrected chi connectivity index (χ0v) is 12.0. The number of likely N-dealkylation sites (tertiary alicyclic amines) is 1. The molecule has 2 N–H and O–H groups in total. The third-order valence-corrected chi connectivity index (χ3v) is 5.19. The average molecular weight is 262 g/mol. The van der Waals surface area contributed by atoms with Gasteiger partial charge in [0.05, 0.1) is 6.20 Å². The van der Waals surface area contributed by atoms with Gasteiger partial charge in [-0.2, -0.15) is 5.10 Å². The number of aryl methyl sites for hydroxylation is 1. The van der Waals surface area contributed by atoms with Crippen LogP contribution in [0.15, 0.2) is 12.4 Å². The minimum absolute atomic E-state index is 0.103. The van der Waals surface area contributed by atoms with E-state index in [1.165, 1.54) is 51.6 Å². The van der Waals surface area contributed by atoms with Gasteiger partial charge in [0, 0.05) is 31.4 Å². The summed E-state index contributed by atoms with van der Waals surface area (Å²) in [7, 11) is 1.95. The van der Waals surface area contributed by atoms with Crippen molar-refractivity contribution >= 4 is 0 Å². The predicted molar refractivity (Wildman–Crippen MR) is 76.7 cm³/mol. The molecule has 0 radical (unpaired) electrons. The third kappa shape index (κ3) is 2.84. The van der Waals surface area contributed by atoms with Crippen molar-refractivity contribution in [3.05, 3.63) is 18.0 Å². The highest BCUT2D eigenvalue weighted by atomic mass is 15.2. The van der Waals surface area contributed by atoms with E-state index in [1.807, 2.05) is 24.1 Å². The topological polar surface area (TPSA) is 47.1 Å². The van der Waals surface area contributed by atoms with Crippen LogP contribution in [-0.4, -0.2) is 34.3 Å². The smallest absolute Gasteiger partial charge is 0.0537 e. The van der Waals surface area contributed by atoms with Gasteiger partial charge >= 0.3 is 0 Å². The molecule has 106 valence electrons. The normalized spacial score (nSPS) is 24.9. The lowest BCUT2D eigenvalue weighted by Gasteiger charge is -2.40. The second-order valence-electron chi connectivity index (χ2n) is 6.56. The van der Waals surface area contributed by atoms with E-state index in [1.54, 1.807) is 0 Å². The van der Waals surface area contributed by atoms with Gasteiger partial charge in [-0.25, -0.2) is 0 Å². The van der Waals surface area contributed by atoms with E-state index in [9.17, 15) is 0 Å². The molecule has 1 aliphatic heterocycles. The minimum Gasteiger partial charge on any atom is -0.323 e. The molecule has 2 fully saturated rings. The van der Waals surface area contributed by atoms with E-state index < -0.39 is 0 Å². The van der Waals surface area contributed by atoms with Gasteiger partial charge in [-0.1, -0.05) is 12.8 Å². The summed E-state index contributed by atoms with van der Waals surface area (Å²) in [4.78, 5) is 2.54. The molecular weight excluding hydrogens is 236 g/mol. The van der Waals surface area contributed by atoms with Crippen LogP contribution in [0.25, 0.3) is 0 Å². The van der Waals surface area contributed by atoms with Crippen LogP contribution in [0.2, 0.25) is 0 Å². The number of rotatable bonds is 3. The Morgan fingerprint density at radius 3 is 2.53 bits per heavy atom. The van der Waals surface area contributed by atoms with Crippen molar-refractivity contribution in [2.45, 2.75) is 44.6 Å². The molecular formula is C15H26N4. The van der Waals surface area contributed by atoms with E-state index >= 15 is 0 Å². The summed E-state index contributed by atoms with van der Waals surface area (Å²) >= 11 is 0. The van der Waals surface area contributed by atoms with Crippen LogP contribution < -0.4 is 5.73 Å². The number of hydrogen-bond donors (Lipinski definition) is 1. The lowest BCUT2D eigenvalue weighted by molar-refractivity contribution is 0.104.